The maximum absolute atomic E-state index is 2.63. The number of anilines is 5. The van der Waals surface area contributed by atoms with Crippen LogP contribution in [0.2, 0.25) is 0 Å². The first-order chi connectivity index (χ1) is 25.3. The van der Waals surface area contributed by atoms with Crippen molar-refractivity contribution >= 4 is 39.2 Å². The van der Waals surface area contributed by atoms with Crippen molar-refractivity contribution in [1.82, 2.24) is 0 Å². The van der Waals surface area contributed by atoms with E-state index in [4.69, 9.17) is 0 Å². The van der Waals surface area contributed by atoms with Crippen LogP contribution in [-0.2, 0) is 5.41 Å². The molecule has 7 aromatic rings. The number of para-hydroxylation sites is 4. The number of benzene rings is 7. The topological polar surface area (TPSA) is 6.48 Å². The Hall–Kier alpha value is -5.60. The molecule has 248 valence electrons. The predicted molar refractivity (Wildman–Crippen MR) is 214 cm³/mol. The normalized spacial score (nSPS) is 18.3. The van der Waals surface area contributed by atoms with Gasteiger partial charge in [-0.3, -0.25) is 0 Å². The summed E-state index contributed by atoms with van der Waals surface area (Å²) in [6.07, 6.45) is 7.28. The fraction of sp³-hybridized carbons (Fsp3) is 0.184. The van der Waals surface area contributed by atoms with Gasteiger partial charge in [0.05, 0.1) is 5.69 Å². The van der Waals surface area contributed by atoms with E-state index in [0.29, 0.717) is 12.0 Å². The van der Waals surface area contributed by atoms with Crippen molar-refractivity contribution in [3.63, 3.8) is 0 Å². The quantitative estimate of drug-likeness (QED) is 0.168. The molecule has 0 atom stereocenters. The molecule has 0 aliphatic heterocycles. The first-order valence-corrected chi connectivity index (χ1v) is 18.8. The van der Waals surface area contributed by atoms with E-state index in [1.807, 2.05) is 0 Å². The molecule has 7 aromatic carbocycles. The van der Waals surface area contributed by atoms with Gasteiger partial charge in [0.25, 0.3) is 0 Å². The highest BCUT2D eigenvalue weighted by Gasteiger charge is 2.50. The molecule has 2 saturated carbocycles. The number of hydrogen-bond donors (Lipinski definition) is 0. The third-order valence-electron chi connectivity index (χ3n) is 12.0. The van der Waals surface area contributed by atoms with Gasteiger partial charge in [-0.25, -0.2) is 0 Å². The van der Waals surface area contributed by atoms with Gasteiger partial charge >= 0.3 is 0 Å². The second-order valence-electron chi connectivity index (χ2n) is 14.8. The molecule has 1 spiro atoms. The van der Waals surface area contributed by atoms with Gasteiger partial charge in [0.2, 0.25) is 0 Å². The van der Waals surface area contributed by atoms with Crippen molar-refractivity contribution in [3.05, 3.63) is 187 Å². The maximum Gasteiger partial charge on any atom is 0.0540 e. The van der Waals surface area contributed by atoms with Gasteiger partial charge in [-0.15, -0.1) is 0 Å². The maximum atomic E-state index is 2.63. The van der Waals surface area contributed by atoms with Crippen molar-refractivity contribution in [2.45, 2.75) is 55.9 Å². The monoisotopic (exact) mass is 658 g/mol. The lowest BCUT2D eigenvalue weighted by atomic mass is 9.72. The summed E-state index contributed by atoms with van der Waals surface area (Å²) in [4.78, 5) is 5.01. The molecule has 2 fully saturated rings. The molecule has 0 radical (unpaired) electrons. The molecular weight excluding hydrogens is 617 g/mol. The zero-order valence-electron chi connectivity index (χ0n) is 29.0. The van der Waals surface area contributed by atoms with E-state index in [2.05, 4.69) is 180 Å². The predicted octanol–water partition coefficient (Wildman–Crippen LogP) is 13.2. The Balaban J connectivity index is 1.00. The standard InChI is InChI=1S/C49H42N2/c1-5-14-37(15-6-1)50(38-16-7-2-8-17-38)41-27-24-35(25-28-41)36-26-29-42-43-30-31-47(51(39-18-9-3-10-19-39)40-20-11-4-12-21-40)44-22-13-23-45(48(43)44)49(32-33-49)46(42)34-36/h1-23,26,29-31,34-35,41H,24-25,27-28,32-33H2. The Labute approximate surface area is 301 Å². The highest BCUT2D eigenvalue weighted by molar-refractivity contribution is 6.10. The van der Waals surface area contributed by atoms with Crippen molar-refractivity contribution < 1.29 is 0 Å². The lowest BCUT2D eigenvalue weighted by molar-refractivity contribution is 0.391. The van der Waals surface area contributed by atoms with E-state index < -0.39 is 0 Å². The van der Waals surface area contributed by atoms with Crippen molar-refractivity contribution in [3.8, 4) is 11.1 Å². The highest BCUT2D eigenvalue weighted by Crippen LogP contribution is 2.62. The van der Waals surface area contributed by atoms with Gasteiger partial charge in [-0.05, 0) is 132 Å². The van der Waals surface area contributed by atoms with Crippen molar-refractivity contribution in [1.29, 1.82) is 0 Å². The van der Waals surface area contributed by atoms with Crippen LogP contribution in [0.5, 0.6) is 0 Å². The van der Waals surface area contributed by atoms with Crippen LogP contribution in [0.25, 0.3) is 21.9 Å². The average Bonchev–Trinajstić information content (AvgIpc) is 4.01. The minimum Gasteiger partial charge on any atom is -0.338 e. The molecule has 0 unspecified atom stereocenters. The minimum absolute atomic E-state index is 0.120. The lowest BCUT2D eigenvalue weighted by Gasteiger charge is -2.39. The summed E-state index contributed by atoms with van der Waals surface area (Å²) < 4.78 is 0. The smallest absolute Gasteiger partial charge is 0.0540 e. The Bertz CT molecular complexity index is 2240. The SMILES string of the molecule is c1ccc(N(c2ccccc2)c2ccc3c4c(cccc24)C2(CC2)c2cc(C4CCC(N(c5ccccc5)c5ccccc5)CC4)ccc2-3)cc1. The van der Waals surface area contributed by atoms with E-state index in [9.17, 15) is 0 Å². The zero-order valence-corrected chi connectivity index (χ0v) is 29.0. The van der Waals surface area contributed by atoms with Crippen molar-refractivity contribution in [2.75, 3.05) is 9.80 Å². The van der Waals surface area contributed by atoms with Gasteiger partial charge in [0.15, 0.2) is 0 Å². The third kappa shape index (κ3) is 5.08. The summed E-state index contributed by atoms with van der Waals surface area (Å²) in [5.74, 6) is 0.598. The molecule has 0 N–H and O–H groups in total. The fourth-order valence-electron chi connectivity index (χ4n) is 9.46. The highest BCUT2D eigenvalue weighted by atomic mass is 15.2. The Kier molecular flexibility index (Phi) is 7.30. The van der Waals surface area contributed by atoms with Crippen LogP contribution in [0, 0.1) is 0 Å². The van der Waals surface area contributed by atoms with E-state index in [0.717, 1.165) is 0 Å². The number of hydrogen-bond acceptors (Lipinski definition) is 2. The number of fused-ring (bicyclic) bond motifs is 4. The van der Waals surface area contributed by atoms with Crippen LogP contribution >= 0.6 is 0 Å². The molecule has 10 rings (SSSR count). The second-order valence-corrected chi connectivity index (χ2v) is 14.8. The zero-order chi connectivity index (χ0) is 33.8. The molecule has 51 heavy (non-hydrogen) atoms. The second kappa shape index (κ2) is 12.3. The summed E-state index contributed by atoms with van der Waals surface area (Å²) >= 11 is 0. The van der Waals surface area contributed by atoms with Gasteiger partial charge < -0.3 is 9.80 Å². The molecule has 3 aliphatic carbocycles. The largest absolute Gasteiger partial charge is 0.338 e. The Morgan fingerprint density at radius 1 is 0.451 bits per heavy atom. The number of nitrogens with zero attached hydrogens (tertiary/aromatic N) is 2. The summed E-state index contributed by atoms with van der Waals surface area (Å²) in [6.45, 7) is 0. The van der Waals surface area contributed by atoms with E-state index in [-0.39, 0.29) is 5.41 Å². The van der Waals surface area contributed by atoms with Crippen LogP contribution in [0.1, 0.15) is 61.1 Å². The number of rotatable bonds is 7. The minimum atomic E-state index is 0.120. The van der Waals surface area contributed by atoms with E-state index in [1.54, 1.807) is 5.56 Å². The van der Waals surface area contributed by atoms with Gasteiger partial charge in [0.1, 0.15) is 0 Å². The first-order valence-electron chi connectivity index (χ1n) is 18.8. The van der Waals surface area contributed by atoms with Crippen LogP contribution in [0.15, 0.2) is 170 Å². The lowest BCUT2D eigenvalue weighted by Crippen LogP contribution is -2.34. The molecule has 3 aliphatic rings. The summed E-state index contributed by atoms with van der Waals surface area (Å²) in [5, 5.41) is 2.77. The molecule has 0 amide bonds. The average molecular weight is 659 g/mol. The molecule has 0 bridgehead atoms. The Morgan fingerprint density at radius 3 is 1.57 bits per heavy atom. The molecule has 2 heteroatoms. The molecule has 2 nitrogen and oxygen atoms in total. The van der Waals surface area contributed by atoms with Gasteiger partial charge in [-0.2, -0.15) is 0 Å². The first kappa shape index (κ1) is 30.2. The summed E-state index contributed by atoms with van der Waals surface area (Å²) in [5.41, 5.74) is 13.7. The van der Waals surface area contributed by atoms with E-state index >= 15 is 0 Å². The molecule has 0 heterocycles. The third-order valence-corrected chi connectivity index (χ3v) is 12.0. The van der Waals surface area contributed by atoms with Gasteiger partial charge in [-0.1, -0.05) is 115 Å². The molecule has 0 aromatic heterocycles. The van der Waals surface area contributed by atoms with Crippen LogP contribution in [0.4, 0.5) is 28.4 Å². The van der Waals surface area contributed by atoms with Crippen molar-refractivity contribution in [2.24, 2.45) is 0 Å². The molecule has 0 saturated heterocycles. The van der Waals surface area contributed by atoms with Gasteiger partial charge in [0, 0.05) is 39.6 Å². The van der Waals surface area contributed by atoms with Crippen LogP contribution in [0.3, 0.4) is 0 Å². The van der Waals surface area contributed by atoms with Crippen LogP contribution in [-0.4, -0.2) is 6.04 Å². The Morgan fingerprint density at radius 2 is 1.00 bits per heavy atom. The van der Waals surface area contributed by atoms with Crippen LogP contribution < -0.4 is 9.80 Å². The van der Waals surface area contributed by atoms with E-state index in [1.165, 1.54) is 100.0 Å². The summed E-state index contributed by atoms with van der Waals surface area (Å²) in [7, 11) is 0. The fourth-order valence-corrected chi connectivity index (χ4v) is 9.46. The molecular formula is C49H42N2. The summed E-state index contributed by atoms with van der Waals surface area (Å²) in [6, 6.07) is 63.5.